The summed E-state index contributed by atoms with van der Waals surface area (Å²) in [5, 5.41) is 3.85. The van der Waals surface area contributed by atoms with Crippen molar-refractivity contribution in [2.45, 2.75) is 6.18 Å². The zero-order valence-electron chi connectivity index (χ0n) is 20.3. The molecule has 0 bridgehead atoms. The lowest BCUT2D eigenvalue weighted by Gasteiger charge is -2.36. The molecule has 1 saturated heterocycles. The Morgan fingerprint density at radius 1 is 0.897 bits per heavy atom. The number of piperazine rings is 1. The molecule has 0 saturated carbocycles. The van der Waals surface area contributed by atoms with Gasteiger partial charge in [-0.2, -0.15) is 13.2 Å². The standard InChI is InChI=1S/C28H21ClF3N3O4/c29-22-16-20(9-10-23(22)34-11-13-35(14-12-34)27(38)28(30,31)32)33-25(36)18-7-5-17(6-8-18)21-15-19-3-1-2-4-24(19)39-26(21)37/h1-10,15-16H,11-14H2,(H,33,36). The smallest absolute Gasteiger partial charge is 0.422 e. The SMILES string of the molecule is O=C(Nc1ccc(N2CCN(C(=O)C(F)(F)F)CC2)c(Cl)c1)c1ccc(-c2cc3ccccc3oc2=O)cc1. The summed E-state index contributed by atoms with van der Waals surface area (Å²) in [5.41, 5.74) is 2.38. The fourth-order valence-electron chi connectivity index (χ4n) is 4.44. The third-order valence-electron chi connectivity index (χ3n) is 6.46. The molecule has 1 N–H and O–H groups in total. The molecule has 7 nitrogen and oxygen atoms in total. The van der Waals surface area contributed by atoms with Crippen LogP contribution in [0, 0.1) is 0 Å². The summed E-state index contributed by atoms with van der Waals surface area (Å²) < 4.78 is 43.4. The molecule has 0 radical (unpaired) electrons. The summed E-state index contributed by atoms with van der Waals surface area (Å²) in [6, 6.07) is 20.3. The Morgan fingerprint density at radius 3 is 2.26 bits per heavy atom. The van der Waals surface area contributed by atoms with E-state index in [0.29, 0.717) is 38.7 Å². The van der Waals surface area contributed by atoms with Gasteiger partial charge in [0.1, 0.15) is 5.58 Å². The molecule has 5 rings (SSSR count). The van der Waals surface area contributed by atoms with Gasteiger partial charge in [0.2, 0.25) is 0 Å². The predicted octanol–water partition coefficient (Wildman–Crippen LogP) is 5.58. The predicted molar refractivity (Wildman–Crippen MR) is 142 cm³/mol. The molecule has 2 amide bonds. The van der Waals surface area contributed by atoms with Crippen LogP contribution < -0.4 is 15.8 Å². The first kappa shape index (κ1) is 26.3. The molecule has 0 aliphatic carbocycles. The number of rotatable bonds is 4. The van der Waals surface area contributed by atoms with Gasteiger partial charge in [-0.05, 0) is 48.0 Å². The largest absolute Gasteiger partial charge is 0.471 e. The maximum atomic E-state index is 12.8. The molecule has 1 aliphatic rings. The number of halogens is 4. The number of carbonyl (C=O) groups excluding carboxylic acids is 2. The van der Waals surface area contributed by atoms with Gasteiger partial charge in [-0.3, -0.25) is 9.59 Å². The Kier molecular flexibility index (Phi) is 7.05. The van der Waals surface area contributed by atoms with E-state index in [9.17, 15) is 27.6 Å². The van der Waals surface area contributed by atoms with E-state index in [-0.39, 0.29) is 26.2 Å². The molecular weight excluding hydrogens is 535 g/mol. The van der Waals surface area contributed by atoms with Gasteiger partial charge in [0.15, 0.2) is 0 Å². The number of anilines is 2. The number of hydrogen-bond donors (Lipinski definition) is 1. The molecule has 3 aromatic carbocycles. The maximum Gasteiger partial charge on any atom is 0.471 e. The van der Waals surface area contributed by atoms with Crippen LogP contribution in [0.25, 0.3) is 22.1 Å². The van der Waals surface area contributed by atoms with E-state index in [1.54, 1.807) is 65.6 Å². The third kappa shape index (κ3) is 5.61. The lowest BCUT2D eigenvalue weighted by atomic mass is 10.0. The second-order valence-corrected chi connectivity index (χ2v) is 9.37. The van der Waals surface area contributed by atoms with E-state index >= 15 is 0 Å². The van der Waals surface area contributed by atoms with Crippen LogP contribution in [0.5, 0.6) is 0 Å². The quantitative estimate of drug-likeness (QED) is 0.333. The first-order valence-electron chi connectivity index (χ1n) is 12.0. The Balaban J connectivity index is 1.24. The fourth-order valence-corrected chi connectivity index (χ4v) is 4.74. The van der Waals surface area contributed by atoms with Crippen molar-refractivity contribution in [3.05, 3.63) is 93.8 Å². The molecule has 11 heteroatoms. The number of alkyl halides is 3. The summed E-state index contributed by atoms with van der Waals surface area (Å²) in [6.45, 7) is 0.221. The van der Waals surface area contributed by atoms with Crippen LogP contribution in [0.1, 0.15) is 10.4 Å². The summed E-state index contributed by atoms with van der Waals surface area (Å²) in [7, 11) is 0. The number of fused-ring (bicyclic) bond motifs is 1. The van der Waals surface area contributed by atoms with Crippen LogP contribution in [0.15, 0.2) is 82.0 Å². The van der Waals surface area contributed by atoms with E-state index in [4.69, 9.17) is 16.0 Å². The monoisotopic (exact) mass is 555 g/mol. The fraction of sp³-hybridized carbons (Fsp3) is 0.179. The normalized spacial score (nSPS) is 13.9. The van der Waals surface area contributed by atoms with E-state index in [1.807, 2.05) is 12.1 Å². The minimum Gasteiger partial charge on any atom is -0.422 e. The van der Waals surface area contributed by atoms with Crippen LogP contribution >= 0.6 is 11.6 Å². The molecule has 39 heavy (non-hydrogen) atoms. The van der Waals surface area contributed by atoms with Gasteiger partial charge in [-0.15, -0.1) is 0 Å². The number of nitrogens with one attached hydrogen (secondary N) is 1. The zero-order chi connectivity index (χ0) is 27.7. The van der Waals surface area contributed by atoms with Crippen LogP contribution in [-0.4, -0.2) is 49.1 Å². The molecule has 0 spiro atoms. The highest BCUT2D eigenvalue weighted by atomic mass is 35.5. The lowest BCUT2D eigenvalue weighted by molar-refractivity contribution is -0.185. The third-order valence-corrected chi connectivity index (χ3v) is 6.76. The van der Waals surface area contributed by atoms with Crippen molar-refractivity contribution in [3.8, 4) is 11.1 Å². The number of hydrogen-bond acceptors (Lipinski definition) is 5. The molecule has 4 aromatic rings. The Bertz CT molecular complexity index is 1610. The van der Waals surface area contributed by atoms with Gasteiger partial charge >= 0.3 is 17.7 Å². The Morgan fingerprint density at radius 2 is 1.59 bits per heavy atom. The van der Waals surface area contributed by atoms with E-state index in [1.165, 1.54) is 0 Å². The summed E-state index contributed by atoms with van der Waals surface area (Å²) >= 11 is 6.42. The van der Waals surface area contributed by atoms with Gasteiger partial charge < -0.3 is 19.5 Å². The number of benzene rings is 3. The number of para-hydroxylation sites is 1. The van der Waals surface area contributed by atoms with Crippen LogP contribution in [0.3, 0.4) is 0 Å². The first-order chi connectivity index (χ1) is 18.6. The van der Waals surface area contributed by atoms with E-state index in [2.05, 4.69) is 5.32 Å². The second kappa shape index (κ2) is 10.5. The van der Waals surface area contributed by atoms with E-state index < -0.39 is 23.6 Å². The number of nitrogens with zero attached hydrogens (tertiary/aromatic N) is 2. The molecule has 200 valence electrons. The second-order valence-electron chi connectivity index (χ2n) is 8.96. The van der Waals surface area contributed by atoms with Crippen LogP contribution in [0.4, 0.5) is 24.5 Å². The molecule has 1 aromatic heterocycles. The highest BCUT2D eigenvalue weighted by Crippen LogP contribution is 2.31. The highest BCUT2D eigenvalue weighted by Gasteiger charge is 2.43. The van der Waals surface area contributed by atoms with Gasteiger partial charge in [0.25, 0.3) is 5.91 Å². The van der Waals surface area contributed by atoms with Gasteiger partial charge in [-0.1, -0.05) is 41.9 Å². The molecule has 1 aliphatic heterocycles. The van der Waals surface area contributed by atoms with Gasteiger partial charge in [0, 0.05) is 42.8 Å². The number of carbonyl (C=O) groups is 2. The topological polar surface area (TPSA) is 82.9 Å². The maximum absolute atomic E-state index is 12.8. The zero-order valence-corrected chi connectivity index (χ0v) is 21.1. The average Bonchev–Trinajstić information content (AvgIpc) is 2.92. The average molecular weight is 556 g/mol. The Labute approximate surface area is 225 Å². The molecule has 2 heterocycles. The summed E-state index contributed by atoms with van der Waals surface area (Å²) in [5.74, 6) is -2.24. The minimum atomic E-state index is -4.90. The summed E-state index contributed by atoms with van der Waals surface area (Å²) in [4.78, 5) is 39.2. The Hall–Kier alpha value is -4.31. The minimum absolute atomic E-state index is 0.0791. The van der Waals surface area contributed by atoms with Crippen molar-refractivity contribution in [3.63, 3.8) is 0 Å². The molecule has 0 atom stereocenters. The molecular formula is C28H21ClF3N3O4. The molecule has 1 fully saturated rings. The van der Waals surface area contributed by atoms with Crippen molar-refractivity contribution in [1.29, 1.82) is 0 Å². The summed E-state index contributed by atoms with van der Waals surface area (Å²) in [6.07, 6.45) is -4.90. The van der Waals surface area contributed by atoms with Crippen molar-refractivity contribution >= 4 is 45.8 Å². The lowest BCUT2D eigenvalue weighted by Crippen LogP contribution is -2.52. The highest BCUT2D eigenvalue weighted by molar-refractivity contribution is 6.33. The molecule has 0 unspecified atom stereocenters. The van der Waals surface area contributed by atoms with Gasteiger partial charge in [0.05, 0.1) is 16.3 Å². The van der Waals surface area contributed by atoms with Crippen molar-refractivity contribution < 1.29 is 27.2 Å². The van der Waals surface area contributed by atoms with Crippen molar-refractivity contribution in [2.24, 2.45) is 0 Å². The van der Waals surface area contributed by atoms with Crippen LogP contribution in [-0.2, 0) is 4.79 Å². The van der Waals surface area contributed by atoms with E-state index in [0.717, 1.165) is 10.3 Å². The van der Waals surface area contributed by atoms with Gasteiger partial charge in [-0.25, -0.2) is 4.79 Å². The van der Waals surface area contributed by atoms with Crippen LogP contribution in [0.2, 0.25) is 5.02 Å². The number of amides is 2. The van der Waals surface area contributed by atoms with Crippen molar-refractivity contribution in [1.82, 2.24) is 4.90 Å². The van der Waals surface area contributed by atoms with Crippen molar-refractivity contribution in [2.75, 3.05) is 36.4 Å². The first-order valence-corrected chi connectivity index (χ1v) is 12.3.